The van der Waals surface area contributed by atoms with Crippen molar-refractivity contribution in [3.05, 3.63) is 28.8 Å². The van der Waals surface area contributed by atoms with Gasteiger partial charge in [0.25, 0.3) is 5.91 Å². The van der Waals surface area contributed by atoms with Crippen molar-refractivity contribution in [1.29, 1.82) is 0 Å². The topological polar surface area (TPSA) is 94.3 Å². The van der Waals surface area contributed by atoms with Crippen LogP contribution in [-0.2, 0) is 9.53 Å². The summed E-state index contributed by atoms with van der Waals surface area (Å²) in [7, 11) is 0. The van der Waals surface area contributed by atoms with E-state index in [0.29, 0.717) is 4.88 Å². The van der Waals surface area contributed by atoms with Crippen LogP contribution in [0.1, 0.15) is 22.2 Å². The van der Waals surface area contributed by atoms with E-state index in [1.165, 1.54) is 11.3 Å². The molecule has 3 N–H and O–H groups in total. The second-order valence-electron chi connectivity index (χ2n) is 4.52. The number of rotatable bonds is 5. The minimum absolute atomic E-state index is 0.0400. The smallest absolute Gasteiger partial charge is 0.324 e. The predicted molar refractivity (Wildman–Crippen MR) is 81.3 cm³/mol. The van der Waals surface area contributed by atoms with Crippen LogP contribution < -0.4 is 11.1 Å². The van der Waals surface area contributed by atoms with Crippen molar-refractivity contribution >= 4 is 33.4 Å². The fourth-order valence-electron chi connectivity index (χ4n) is 1.80. The van der Waals surface area contributed by atoms with Crippen LogP contribution in [0.4, 0.5) is 0 Å². The highest BCUT2D eigenvalue weighted by Crippen LogP contribution is 2.26. The number of hydrogen-bond donors (Lipinski definition) is 2. The molecule has 0 aliphatic rings. The third-order valence-electron chi connectivity index (χ3n) is 2.90. The van der Waals surface area contributed by atoms with Crippen LogP contribution in [0, 0.1) is 6.92 Å². The molecule has 0 bridgehead atoms. The van der Waals surface area contributed by atoms with Crippen LogP contribution in [0.2, 0.25) is 0 Å². The lowest BCUT2D eigenvalue weighted by molar-refractivity contribution is -0.144. The molecule has 0 aliphatic heterocycles. The van der Waals surface area contributed by atoms with E-state index in [-0.39, 0.29) is 19.1 Å². The van der Waals surface area contributed by atoms with Gasteiger partial charge in [-0.25, -0.2) is 0 Å². The standard InChI is InChI=1S/C14H17N3O3S/c1-3-20-14(19)9(15)7-17-13(18)11-6-10-12(21-11)8(2)4-5-16-10/h4-6,9H,3,7,15H2,1-2H3,(H,17,18)/t9-/m1/s1. The summed E-state index contributed by atoms with van der Waals surface area (Å²) in [6.07, 6.45) is 1.71. The van der Waals surface area contributed by atoms with Gasteiger partial charge in [0.15, 0.2) is 0 Å². The molecule has 0 fully saturated rings. The maximum Gasteiger partial charge on any atom is 0.324 e. The van der Waals surface area contributed by atoms with Gasteiger partial charge in [-0.15, -0.1) is 11.3 Å². The number of nitrogens with one attached hydrogen (secondary N) is 1. The van der Waals surface area contributed by atoms with Crippen LogP contribution in [-0.4, -0.2) is 36.1 Å². The number of ether oxygens (including phenoxy) is 1. The Morgan fingerprint density at radius 1 is 1.52 bits per heavy atom. The lowest BCUT2D eigenvalue weighted by Crippen LogP contribution is -2.43. The lowest BCUT2D eigenvalue weighted by atomic mass is 10.2. The number of thiophene rings is 1. The molecule has 0 saturated carbocycles. The van der Waals surface area contributed by atoms with Gasteiger partial charge in [0.1, 0.15) is 6.04 Å². The molecular weight excluding hydrogens is 290 g/mol. The quantitative estimate of drug-likeness (QED) is 0.810. The SMILES string of the molecule is CCOC(=O)[C@H](N)CNC(=O)c1cc2nccc(C)c2s1. The molecule has 0 unspecified atom stereocenters. The van der Waals surface area contributed by atoms with Crippen LogP contribution >= 0.6 is 11.3 Å². The van der Waals surface area contributed by atoms with Gasteiger partial charge < -0.3 is 15.8 Å². The number of nitrogens with two attached hydrogens (primary N) is 1. The third kappa shape index (κ3) is 3.56. The molecule has 0 spiro atoms. The average Bonchev–Trinajstić information content (AvgIpc) is 2.90. The van der Waals surface area contributed by atoms with Crippen molar-refractivity contribution < 1.29 is 14.3 Å². The molecule has 6 nitrogen and oxygen atoms in total. The maximum absolute atomic E-state index is 12.1. The van der Waals surface area contributed by atoms with Gasteiger partial charge in [0.2, 0.25) is 0 Å². The summed E-state index contributed by atoms with van der Waals surface area (Å²) in [6, 6.07) is 2.78. The average molecular weight is 307 g/mol. The van der Waals surface area contributed by atoms with Crippen molar-refractivity contribution in [2.45, 2.75) is 19.9 Å². The summed E-state index contributed by atoms with van der Waals surface area (Å²) < 4.78 is 5.77. The van der Waals surface area contributed by atoms with Crippen molar-refractivity contribution in [2.24, 2.45) is 5.73 Å². The van der Waals surface area contributed by atoms with E-state index in [1.54, 1.807) is 19.2 Å². The van der Waals surface area contributed by atoms with E-state index < -0.39 is 12.0 Å². The zero-order valence-electron chi connectivity index (χ0n) is 11.9. The zero-order chi connectivity index (χ0) is 15.4. The highest BCUT2D eigenvalue weighted by molar-refractivity contribution is 7.21. The van der Waals surface area contributed by atoms with Crippen LogP contribution in [0.3, 0.4) is 0 Å². The first-order valence-corrected chi connectivity index (χ1v) is 7.40. The van der Waals surface area contributed by atoms with Gasteiger partial charge in [0.05, 0.1) is 21.7 Å². The fraction of sp³-hybridized carbons (Fsp3) is 0.357. The molecule has 0 saturated heterocycles. The van der Waals surface area contributed by atoms with E-state index in [4.69, 9.17) is 10.5 Å². The molecule has 0 aliphatic carbocycles. The van der Waals surface area contributed by atoms with Crippen molar-refractivity contribution in [3.8, 4) is 0 Å². The fourth-order valence-corrected chi connectivity index (χ4v) is 2.80. The number of carbonyl (C=O) groups excluding carboxylic acids is 2. The second-order valence-corrected chi connectivity index (χ2v) is 5.57. The molecule has 2 rings (SSSR count). The minimum atomic E-state index is -0.858. The summed E-state index contributed by atoms with van der Waals surface area (Å²) in [5, 5.41) is 2.64. The Balaban J connectivity index is 2.02. The molecule has 0 aromatic carbocycles. The van der Waals surface area contributed by atoms with Crippen LogP contribution in [0.5, 0.6) is 0 Å². The number of nitrogens with zero attached hydrogens (tertiary/aromatic N) is 1. The summed E-state index contributed by atoms with van der Waals surface area (Å²) in [6.45, 7) is 3.98. The van der Waals surface area contributed by atoms with E-state index in [0.717, 1.165) is 15.8 Å². The zero-order valence-corrected chi connectivity index (χ0v) is 12.7. The Morgan fingerprint density at radius 3 is 2.95 bits per heavy atom. The van der Waals surface area contributed by atoms with Crippen LogP contribution in [0.15, 0.2) is 18.3 Å². The van der Waals surface area contributed by atoms with E-state index in [1.807, 2.05) is 13.0 Å². The molecular formula is C14H17N3O3S. The molecule has 0 radical (unpaired) electrons. The molecule has 21 heavy (non-hydrogen) atoms. The maximum atomic E-state index is 12.1. The third-order valence-corrected chi connectivity index (χ3v) is 4.16. The van der Waals surface area contributed by atoms with Gasteiger partial charge in [-0.2, -0.15) is 0 Å². The van der Waals surface area contributed by atoms with Gasteiger partial charge in [-0.3, -0.25) is 14.6 Å². The Hall–Kier alpha value is -1.99. The Labute approximate surface area is 126 Å². The predicted octanol–water partition coefficient (Wildman–Crippen LogP) is 1.22. The van der Waals surface area contributed by atoms with Gasteiger partial charge in [-0.05, 0) is 31.5 Å². The molecule has 7 heteroatoms. The second kappa shape index (κ2) is 6.64. The Bertz CT molecular complexity index is 669. The normalized spacial score (nSPS) is 12.1. The molecule has 2 heterocycles. The number of fused-ring (bicyclic) bond motifs is 1. The summed E-state index contributed by atoms with van der Waals surface area (Å²) in [4.78, 5) is 28.2. The Kier molecular flexibility index (Phi) is 4.87. The van der Waals surface area contributed by atoms with Gasteiger partial charge >= 0.3 is 5.97 Å². The van der Waals surface area contributed by atoms with Gasteiger partial charge in [0, 0.05) is 12.7 Å². The summed E-state index contributed by atoms with van der Waals surface area (Å²) in [5.41, 5.74) is 7.50. The van der Waals surface area contributed by atoms with E-state index >= 15 is 0 Å². The monoisotopic (exact) mass is 307 g/mol. The number of hydrogen-bond acceptors (Lipinski definition) is 6. The van der Waals surface area contributed by atoms with Crippen molar-refractivity contribution in [2.75, 3.05) is 13.2 Å². The highest BCUT2D eigenvalue weighted by atomic mass is 32.1. The molecule has 1 amide bonds. The first-order chi connectivity index (χ1) is 10.0. The van der Waals surface area contributed by atoms with Crippen LogP contribution in [0.25, 0.3) is 10.2 Å². The van der Waals surface area contributed by atoms with Crippen molar-refractivity contribution in [3.63, 3.8) is 0 Å². The number of pyridine rings is 1. The van der Waals surface area contributed by atoms with E-state index in [2.05, 4.69) is 10.3 Å². The summed E-state index contributed by atoms with van der Waals surface area (Å²) >= 11 is 1.37. The molecule has 2 aromatic heterocycles. The molecule has 1 atom stereocenters. The first-order valence-electron chi connectivity index (χ1n) is 6.58. The summed E-state index contributed by atoms with van der Waals surface area (Å²) in [5.74, 6) is -0.788. The number of aromatic nitrogens is 1. The lowest BCUT2D eigenvalue weighted by Gasteiger charge is -2.10. The number of esters is 1. The van der Waals surface area contributed by atoms with E-state index in [9.17, 15) is 9.59 Å². The molecule has 2 aromatic rings. The van der Waals surface area contributed by atoms with Crippen molar-refractivity contribution in [1.82, 2.24) is 10.3 Å². The Morgan fingerprint density at radius 2 is 2.29 bits per heavy atom. The number of amides is 1. The minimum Gasteiger partial charge on any atom is -0.465 e. The highest BCUT2D eigenvalue weighted by Gasteiger charge is 2.17. The largest absolute Gasteiger partial charge is 0.465 e. The first kappa shape index (κ1) is 15.4. The van der Waals surface area contributed by atoms with Gasteiger partial charge in [-0.1, -0.05) is 0 Å². The molecule has 112 valence electrons. The number of carbonyl (C=O) groups is 2. The number of aryl methyl sites for hydroxylation is 1.